The molecule has 0 saturated carbocycles. The standard InChI is InChI=1S/C28H57Cl3SSi/c29-33(30,31)28-26-24-22-20-18-16-14-12-10-8-6-4-2-1-3-5-7-9-11-13-15-17-19-21-23-25-27-32/h32H,1-28H2. The van der Waals surface area contributed by atoms with E-state index in [-0.39, 0.29) is 0 Å². The highest BCUT2D eigenvalue weighted by molar-refractivity contribution is 7.80. The summed E-state index contributed by atoms with van der Waals surface area (Å²) in [6.45, 7) is 0. The largest absolute Gasteiger partial charge is 0.341 e. The Morgan fingerprint density at radius 2 is 0.485 bits per heavy atom. The molecule has 0 bridgehead atoms. The number of hydrogen-bond acceptors (Lipinski definition) is 1. The first kappa shape index (κ1) is 34.4. The molecular weight excluding hydrogens is 503 g/mol. The van der Waals surface area contributed by atoms with Gasteiger partial charge in [-0.05, 0) is 18.2 Å². The molecule has 0 spiro atoms. The third kappa shape index (κ3) is 33.4. The number of hydrogen-bond donors (Lipinski definition) is 1. The van der Waals surface area contributed by atoms with Crippen molar-refractivity contribution in [3.05, 3.63) is 0 Å². The highest BCUT2D eigenvalue weighted by Crippen LogP contribution is 2.27. The van der Waals surface area contributed by atoms with Crippen LogP contribution >= 0.6 is 45.9 Å². The summed E-state index contributed by atoms with van der Waals surface area (Å²) >= 11 is 22.0. The Balaban J connectivity index is 3.03. The first-order valence-electron chi connectivity index (χ1n) is 14.7. The summed E-state index contributed by atoms with van der Waals surface area (Å²) < 4.78 is 0. The van der Waals surface area contributed by atoms with Crippen LogP contribution < -0.4 is 0 Å². The van der Waals surface area contributed by atoms with Crippen LogP contribution in [0.25, 0.3) is 0 Å². The molecular formula is C28H57Cl3SSi. The molecule has 0 rings (SSSR count). The summed E-state index contributed by atoms with van der Waals surface area (Å²) in [6.07, 6.45) is 36.7. The Labute approximate surface area is 229 Å². The maximum absolute atomic E-state index is 5.91. The van der Waals surface area contributed by atoms with Crippen molar-refractivity contribution in [3.8, 4) is 0 Å². The Hall–Kier alpha value is 1.44. The van der Waals surface area contributed by atoms with Crippen molar-refractivity contribution in [1.82, 2.24) is 0 Å². The zero-order chi connectivity index (χ0) is 24.3. The molecule has 0 aromatic carbocycles. The molecule has 0 aliphatic rings. The first-order valence-corrected chi connectivity index (χ1v) is 20.6. The molecule has 0 N–H and O–H groups in total. The molecule has 200 valence electrons. The van der Waals surface area contributed by atoms with E-state index in [2.05, 4.69) is 12.6 Å². The van der Waals surface area contributed by atoms with Crippen molar-refractivity contribution in [2.24, 2.45) is 0 Å². The Morgan fingerprint density at radius 3 is 0.667 bits per heavy atom. The van der Waals surface area contributed by atoms with Crippen molar-refractivity contribution in [1.29, 1.82) is 0 Å². The lowest BCUT2D eigenvalue weighted by Crippen LogP contribution is -2.07. The number of thiol groups is 1. The molecule has 0 aliphatic carbocycles. The Kier molecular flexibility index (Phi) is 29.2. The smallest absolute Gasteiger partial charge is 0.179 e. The second-order valence-electron chi connectivity index (χ2n) is 10.3. The van der Waals surface area contributed by atoms with Gasteiger partial charge in [0.2, 0.25) is 0 Å². The average Bonchev–Trinajstić information content (AvgIpc) is 2.78. The summed E-state index contributed by atoms with van der Waals surface area (Å²) in [4.78, 5) is 0. The molecule has 0 nitrogen and oxygen atoms in total. The van der Waals surface area contributed by atoms with Gasteiger partial charge in [0.15, 0.2) is 0 Å². The topological polar surface area (TPSA) is 0 Å². The number of rotatable bonds is 28. The van der Waals surface area contributed by atoms with Crippen LogP contribution in [0.1, 0.15) is 167 Å². The van der Waals surface area contributed by atoms with Crippen LogP contribution in [0, 0.1) is 0 Å². The first-order chi connectivity index (χ1) is 16.1. The van der Waals surface area contributed by atoms with Crippen LogP contribution in [0.2, 0.25) is 6.04 Å². The SMILES string of the molecule is SCCCCCCCCCCCCCCCCCCCCCCCCCCCC[Si](Cl)(Cl)Cl. The zero-order valence-electron chi connectivity index (χ0n) is 21.9. The molecule has 0 fully saturated rings. The molecule has 5 heteroatoms. The van der Waals surface area contributed by atoms with Crippen molar-refractivity contribution in [3.63, 3.8) is 0 Å². The van der Waals surface area contributed by atoms with Gasteiger partial charge < -0.3 is 0 Å². The molecule has 0 aromatic rings. The van der Waals surface area contributed by atoms with Gasteiger partial charge in [-0.2, -0.15) is 12.6 Å². The van der Waals surface area contributed by atoms with Gasteiger partial charge in [0.05, 0.1) is 0 Å². The molecule has 0 heterocycles. The Morgan fingerprint density at radius 1 is 0.303 bits per heavy atom. The summed E-state index contributed by atoms with van der Waals surface area (Å²) in [5, 5.41) is 0. The van der Waals surface area contributed by atoms with Crippen LogP contribution in [-0.4, -0.2) is 11.8 Å². The fourth-order valence-electron chi connectivity index (χ4n) is 4.68. The van der Waals surface area contributed by atoms with E-state index in [1.807, 2.05) is 0 Å². The number of halogens is 3. The van der Waals surface area contributed by atoms with Gasteiger partial charge >= 0.3 is 6.00 Å². The molecule has 33 heavy (non-hydrogen) atoms. The molecule has 0 saturated heterocycles. The van der Waals surface area contributed by atoms with E-state index in [0.29, 0.717) is 0 Å². The minimum Gasteiger partial charge on any atom is -0.179 e. The minimum absolute atomic E-state index is 0.829. The van der Waals surface area contributed by atoms with Crippen molar-refractivity contribution >= 4 is 51.9 Å². The van der Waals surface area contributed by atoms with Gasteiger partial charge in [0, 0.05) is 0 Å². The summed E-state index contributed by atoms with van der Waals surface area (Å²) in [7, 11) is 0. The predicted octanol–water partition coefficient (Wildman–Crippen LogP) is 12.7. The van der Waals surface area contributed by atoms with E-state index in [9.17, 15) is 0 Å². The van der Waals surface area contributed by atoms with Crippen LogP contribution in [0.4, 0.5) is 0 Å². The fourth-order valence-corrected chi connectivity index (χ4v) is 6.76. The van der Waals surface area contributed by atoms with Gasteiger partial charge in [0.25, 0.3) is 0 Å². The molecule has 0 aromatic heterocycles. The van der Waals surface area contributed by atoms with E-state index in [1.54, 1.807) is 0 Å². The molecule has 0 unspecified atom stereocenters. The lowest BCUT2D eigenvalue weighted by molar-refractivity contribution is 0.516. The lowest BCUT2D eigenvalue weighted by atomic mass is 10.0. The molecule has 0 radical (unpaired) electrons. The normalized spacial score (nSPS) is 12.0. The second kappa shape index (κ2) is 28.0. The maximum Gasteiger partial charge on any atom is 0.341 e. The third-order valence-electron chi connectivity index (χ3n) is 6.87. The Bertz CT molecular complexity index is 364. The predicted molar refractivity (Wildman–Crippen MR) is 162 cm³/mol. The summed E-state index contributed by atoms with van der Waals surface area (Å²) in [5.74, 6) is 1.06. The van der Waals surface area contributed by atoms with E-state index in [4.69, 9.17) is 33.2 Å². The van der Waals surface area contributed by atoms with E-state index >= 15 is 0 Å². The van der Waals surface area contributed by atoms with Crippen LogP contribution in [-0.2, 0) is 0 Å². The number of unbranched alkanes of at least 4 members (excludes halogenated alkanes) is 25. The quantitative estimate of drug-likeness (QED) is 0.0419. The van der Waals surface area contributed by atoms with Gasteiger partial charge in [-0.15, -0.1) is 33.2 Å². The summed E-state index contributed by atoms with van der Waals surface area (Å²) in [6, 6.07) is -1.53. The van der Waals surface area contributed by atoms with E-state index in [0.717, 1.165) is 18.2 Å². The van der Waals surface area contributed by atoms with Gasteiger partial charge in [-0.1, -0.05) is 161 Å². The highest BCUT2D eigenvalue weighted by Gasteiger charge is 2.23. The minimum atomic E-state index is -2.36. The highest BCUT2D eigenvalue weighted by atomic mass is 35.8. The van der Waals surface area contributed by atoms with Crippen LogP contribution in [0.5, 0.6) is 0 Å². The van der Waals surface area contributed by atoms with E-state index < -0.39 is 6.00 Å². The monoisotopic (exact) mass is 558 g/mol. The molecule has 0 atom stereocenters. The molecule has 0 aliphatic heterocycles. The van der Waals surface area contributed by atoms with Crippen molar-refractivity contribution in [2.45, 2.75) is 173 Å². The van der Waals surface area contributed by atoms with E-state index in [1.165, 1.54) is 161 Å². The third-order valence-corrected chi connectivity index (χ3v) is 9.81. The van der Waals surface area contributed by atoms with Crippen molar-refractivity contribution < 1.29 is 0 Å². The van der Waals surface area contributed by atoms with Gasteiger partial charge in [-0.25, -0.2) is 0 Å². The lowest BCUT2D eigenvalue weighted by Gasteiger charge is -2.07. The van der Waals surface area contributed by atoms with Gasteiger partial charge in [-0.3, -0.25) is 0 Å². The average molecular weight is 560 g/mol. The van der Waals surface area contributed by atoms with Gasteiger partial charge in [0.1, 0.15) is 0 Å². The molecule has 0 amide bonds. The fraction of sp³-hybridized carbons (Fsp3) is 1.00. The van der Waals surface area contributed by atoms with Crippen molar-refractivity contribution in [2.75, 3.05) is 5.75 Å². The zero-order valence-corrected chi connectivity index (χ0v) is 26.0. The van der Waals surface area contributed by atoms with Crippen LogP contribution in [0.15, 0.2) is 0 Å². The summed E-state index contributed by atoms with van der Waals surface area (Å²) in [5.41, 5.74) is 0. The van der Waals surface area contributed by atoms with Crippen LogP contribution in [0.3, 0.4) is 0 Å². The second-order valence-corrected chi connectivity index (χ2v) is 20.0. The maximum atomic E-state index is 5.91.